The van der Waals surface area contributed by atoms with Gasteiger partial charge < -0.3 is 0 Å². The van der Waals surface area contributed by atoms with E-state index in [0.29, 0.717) is 32.2 Å². The third kappa shape index (κ3) is 3.70. The van der Waals surface area contributed by atoms with Crippen LogP contribution in [0.2, 0.25) is 10.0 Å². The zero-order valence-electron chi connectivity index (χ0n) is 14.9. The van der Waals surface area contributed by atoms with E-state index >= 15 is 0 Å². The van der Waals surface area contributed by atoms with Gasteiger partial charge in [0.15, 0.2) is 0 Å². The molecular formula is C22H15Cl2N3O. The maximum Gasteiger partial charge on any atom is 0.280 e. The molecule has 0 atom stereocenters. The van der Waals surface area contributed by atoms with Crippen molar-refractivity contribution in [3.63, 3.8) is 0 Å². The van der Waals surface area contributed by atoms with Gasteiger partial charge in [-0.2, -0.15) is 4.68 Å². The van der Waals surface area contributed by atoms with Crippen LogP contribution in [0.15, 0.2) is 66.7 Å². The van der Waals surface area contributed by atoms with Gasteiger partial charge in [-0.1, -0.05) is 58.7 Å². The molecule has 0 bridgehead atoms. The summed E-state index contributed by atoms with van der Waals surface area (Å²) in [4.78, 5) is 13.4. The summed E-state index contributed by atoms with van der Waals surface area (Å²) in [5.41, 5.74) is 4.27. The maximum atomic E-state index is 13.4. The highest BCUT2D eigenvalue weighted by Crippen LogP contribution is 2.25. The Morgan fingerprint density at radius 2 is 1.71 bits per heavy atom. The second-order valence-electron chi connectivity index (χ2n) is 6.42. The Labute approximate surface area is 172 Å². The van der Waals surface area contributed by atoms with Crippen molar-refractivity contribution in [2.24, 2.45) is 0 Å². The average Bonchev–Trinajstić information content (AvgIpc) is 3.08. The summed E-state index contributed by atoms with van der Waals surface area (Å²) in [5.74, 6) is -0.296. The fourth-order valence-corrected chi connectivity index (χ4v) is 3.37. The zero-order valence-corrected chi connectivity index (χ0v) is 16.4. The van der Waals surface area contributed by atoms with E-state index in [2.05, 4.69) is 10.3 Å². The van der Waals surface area contributed by atoms with Gasteiger partial charge in [0.2, 0.25) is 0 Å². The molecule has 4 aromatic rings. The van der Waals surface area contributed by atoms with E-state index in [-0.39, 0.29) is 5.91 Å². The first-order valence-electron chi connectivity index (χ1n) is 8.61. The summed E-state index contributed by atoms with van der Waals surface area (Å²) >= 11 is 12.3. The Hall–Kier alpha value is -2.95. The highest BCUT2D eigenvalue weighted by molar-refractivity contribution is 6.32. The minimum Gasteiger partial charge on any atom is -0.267 e. The highest BCUT2D eigenvalue weighted by atomic mass is 35.5. The van der Waals surface area contributed by atoms with Crippen LogP contribution < -0.4 is 0 Å². The molecule has 0 aliphatic rings. The third-order valence-corrected chi connectivity index (χ3v) is 4.79. The summed E-state index contributed by atoms with van der Waals surface area (Å²) in [5, 5.41) is 9.33. The van der Waals surface area contributed by atoms with Crippen molar-refractivity contribution in [2.75, 3.05) is 0 Å². The number of hydrogen-bond donors (Lipinski definition) is 0. The number of nitrogens with zero attached hydrogens (tertiary/aromatic N) is 3. The number of benzene rings is 3. The molecule has 6 heteroatoms. The largest absolute Gasteiger partial charge is 0.280 e. The van der Waals surface area contributed by atoms with Crippen LogP contribution in [0.3, 0.4) is 0 Å². The first-order chi connectivity index (χ1) is 13.5. The van der Waals surface area contributed by atoms with E-state index in [4.69, 9.17) is 23.2 Å². The van der Waals surface area contributed by atoms with Gasteiger partial charge >= 0.3 is 0 Å². The summed E-state index contributed by atoms with van der Waals surface area (Å²) < 4.78 is 1.32. The average molecular weight is 408 g/mol. The predicted octanol–water partition coefficient (Wildman–Crippen LogP) is 5.93. The zero-order chi connectivity index (χ0) is 19.7. The Morgan fingerprint density at radius 3 is 2.46 bits per heavy atom. The summed E-state index contributed by atoms with van der Waals surface area (Å²) in [6.45, 7) is 1.96. The van der Waals surface area contributed by atoms with Crippen LogP contribution in [-0.4, -0.2) is 20.9 Å². The summed E-state index contributed by atoms with van der Waals surface area (Å²) in [7, 11) is 0. The predicted molar refractivity (Wildman–Crippen MR) is 114 cm³/mol. The van der Waals surface area contributed by atoms with Crippen molar-refractivity contribution < 1.29 is 4.79 Å². The van der Waals surface area contributed by atoms with Crippen molar-refractivity contribution in [3.8, 4) is 0 Å². The first kappa shape index (κ1) is 18.4. The second kappa shape index (κ2) is 7.58. The van der Waals surface area contributed by atoms with Gasteiger partial charge in [-0.05, 0) is 66.1 Å². The van der Waals surface area contributed by atoms with Gasteiger partial charge in [0, 0.05) is 15.6 Å². The maximum absolute atomic E-state index is 13.4. The number of aryl methyl sites for hydroxylation is 1. The first-order valence-corrected chi connectivity index (χ1v) is 9.37. The lowest BCUT2D eigenvalue weighted by molar-refractivity contribution is 0.0969. The lowest BCUT2D eigenvalue weighted by Crippen LogP contribution is -2.14. The Morgan fingerprint density at radius 1 is 0.964 bits per heavy atom. The van der Waals surface area contributed by atoms with Gasteiger partial charge in [0.25, 0.3) is 5.91 Å². The molecule has 0 radical (unpaired) electrons. The molecule has 0 saturated heterocycles. The Kier molecular flexibility index (Phi) is 4.99. The number of hydrogen-bond acceptors (Lipinski definition) is 3. The van der Waals surface area contributed by atoms with Gasteiger partial charge in [-0.25, -0.2) is 0 Å². The molecule has 138 valence electrons. The van der Waals surface area contributed by atoms with Crippen molar-refractivity contribution in [1.82, 2.24) is 15.0 Å². The quantitative estimate of drug-likeness (QED) is 0.312. The molecule has 4 rings (SSSR count). The van der Waals surface area contributed by atoms with Gasteiger partial charge in [0.05, 0.1) is 5.52 Å². The van der Waals surface area contributed by atoms with E-state index in [0.717, 1.165) is 11.1 Å². The smallest absolute Gasteiger partial charge is 0.267 e. The van der Waals surface area contributed by atoms with Crippen LogP contribution in [-0.2, 0) is 0 Å². The standard InChI is InChI=1S/C22H15Cl2N3O/c1-14-8-9-20-21(10-14)27(26-25-20)22(28)19(16-5-3-7-18(24)13-16)12-15-4-2-6-17(23)11-15/h2-13H,1H3/b19-12+. The second-order valence-corrected chi connectivity index (χ2v) is 7.29. The number of halogens is 2. The number of allylic oxidation sites excluding steroid dienone is 1. The Bertz CT molecular complexity index is 1230. The van der Waals surface area contributed by atoms with E-state index < -0.39 is 0 Å². The van der Waals surface area contributed by atoms with Crippen molar-refractivity contribution in [2.45, 2.75) is 6.92 Å². The molecule has 0 spiro atoms. The number of rotatable bonds is 3. The topological polar surface area (TPSA) is 47.8 Å². The number of aromatic nitrogens is 3. The molecule has 0 aliphatic heterocycles. The monoisotopic (exact) mass is 407 g/mol. The molecule has 0 saturated carbocycles. The molecule has 1 aromatic heterocycles. The van der Waals surface area contributed by atoms with Crippen LogP contribution in [0.25, 0.3) is 22.7 Å². The molecular weight excluding hydrogens is 393 g/mol. The fourth-order valence-electron chi connectivity index (χ4n) is 2.98. The van der Waals surface area contributed by atoms with Crippen LogP contribution in [0.5, 0.6) is 0 Å². The highest BCUT2D eigenvalue weighted by Gasteiger charge is 2.19. The Balaban J connectivity index is 1.89. The van der Waals surface area contributed by atoms with Crippen LogP contribution in [0.4, 0.5) is 0 Å². The molecule has 0 fully saturated rings. The van der Waals surface area contributed by atoms with Crippen LogP contribution in [0, 0.1) is 6.92 Å². The molecule has 28 heavy (non-hydrogen) atoms. The molecule has 1 heterocycles. The minimum absolute atomic E-state index is 0.296. The number of fused-ring (bicyclic) bond motifs is 1. The third-order valence-electron chi connectivity index (χ3n) is 4.32. The normalized spacial score (nSPS) is 11.8. The van der Waals surface area contributed by atoms with E-state index in [1.54, 1.807) is 36.4 Å². The van der Waals surface area contributed by atoms with Crippen LogP contribution >= 0.6 is 23.2 Å². The lowest BCUT2D eigenvalue weighted by atomic mass is 10.0. The number of carbonyl (C=O) groups excluding carboxylic acids is 1. The van der Waals surface area contributed by atoms with Crippen molar-refractivity contribution >= 4 is 51.8 Å². The van der Waals surface area contributed by atoms with E-state index in [9.17, 15) is 4.79 Å². The van der Waals surface area contributed by atoms with Crippen molar-refractivity contribution in [3.05, 3.63) is 93.5 Å². The van der Waals surface area contributed by atoms with E-state index in [1.807, 2.05) is 43.3 Å². The molecule has 0 unspecified atom stereocenters. The molecule has 4 nitrogen and oxygen atoms in total. The fraction of sp³-hybridized carbons (Fsp3) is 0.0455. The lowest BCUT2D eigenvalue weighted by Gasteiger charge is -2.09. The minimum atomic E-state index is -0.296. The molecule has 3 aromatic carbocycles. The molecule has 0 N–H and O–H groups in total. The van der Waals surface area contributed by atoms with E-state index in [1.165, 1.54) is 4.68 Å². The number of carbonyl (C=O) groups is 1. The molecule has 0 amide bonds. The molecule has 0 aliphatic carbocycles. The van der Waals surface area contributed by atoms with Gasteiger partial charge in [0.1, 0.15) is 5.52 Å². The van der Waals surface area contributed by atoms with Gasteiger partial charge in [-0.3, -0.25) is 4.79 Å². The van der Waals surface area contributed by atoms with Gasteiger partial charge in [-0.15, -0.1) is 5.10 Å². The van der Waals surface area contributed by atoms with Crippen molar-refractivity contribution in [1.29, 1.82) is 0 Å². The SMILES string of the molecule is Cc1ccc2nnn(C(=O)/C(=C/c3cccc(Cl)c3)c3cccc(Cl)c3)c2c1. The summed E-state index contributed by atoms with van der Waals surface area (Å²) in [6.07, 6.45) is 1.78. The van der Waals surface area contributed by atoms with Crippen LogP contribution in [0.1, 0.15) is 21.5 Å². The summed E-state index contributed by atoms with van der Waals surface area (Å²) in [6, 6.07) is 20.1.